The van der Waals surface area contributed by atoms with Gasteiger partial charge in [0.05, 0.1) is 12.8 Å². The van der Waals surface area contributed by atoms with Crippen LogP contribution in [0.4, 0.5) is 10.1 Å². The van der Waals surface area contributed by atoms with Gasteiger partial charge in [0.2, 0.25) is 0 Å². The summed E-state index contributed by atoms with van der Waals surface area (Å²) in [5.41, 5.74) is 4.32. The van der Waals surface area contributed by atoms with Crippen LogP contribution in [-0.2, 0) is 4.79 Å². The van der Waals surface area contributed by atoms with Gasteiger partial charge < -0.3 is 14.4 Å². The zero-order valence-electron chi connectivity index (χ0n) is 13.7. The Morgan fingerprint density at radius 3 is 2.96 bits per heavy atom. The molecule has 0 aliphatic carbocycles. The van der Waals surface area contributed by atoms with Gasteiger partial charge in [-0.15, -0.1) is 0 Å². The zero-order chi connectivity index (χ0) is 17.6. The summed E-state index contributed by atoms with van der Waals surface area (Å²) in [6.07, 6.45) is 0. The second kappa shape index (κ2) is 5.77. The molecule has 2 aromatic carbocycles. The maximum atomic E-state index is 14.2. The van der Waals surface area contributed by atoms with Gasteiger partial charge in [-0.3, -0.25) is 4.79 Å². The van der Waals surface area contributed by atoms with E-state index >= 15 is 0 Å². The van der Waals surface area contributed by atoms with Crippen LogP contribution in [0.1, 0.15) is 6.92 Å². The number of amidine groups is 1. The van der Waals surface area contributed by atoms with Crippen molar-refractivity contribution in [2.75, 3.05) is 18.6 Å². The number of amides is 1. The number of ether oxygens (including phenoxy) is 2. The molecule has 1 unspecified atom stereocenters. The monoisotopic (exact) mass is 341 g/mol. The van der Waals surface area contributed by atoms with E-state index < -0.39 is 6.04 Å². The zero-order valence-corrected chi connectivity index (χ0v) is 13.7. The quantitative estimate of drug-likeness (QED) is 0.912. The number of anilines is 1. The van der Waals surface area contributed by atoms with Crippen molar-refractivity contribution in [2.24, 2.45) is 5.10 Å². The third kappa shape index (κ3) is 2.48. The second-order valence-electron chi connectivity index (χ2n) is 5.87. The maximum Gasteiger partial charge on any atom is 0.262 e. The first-order chi connectivity index (χ1) is 12.1. The van der Waals surface area contributed by atoms with Crippen molar-refractivity contribution in [1.82, 2.24) is 5.43 Å². The number of hydrogen-bond donors (Lipinski definition) is 1. The summed E-state index contributed by atoms with van der Waals surface area (Å²) in [6.45, 7) is 2.04. The van der Waals surface area contributed by atoms with E-state index in [0.717, 1.165) is 5.69 Å². The van der Waals surface area contributed by atoms with Crippen LogP contribution >= 0.6 is 0 Å². The first kappa shape index (κ1) is 15.4. The average Bonchev–Trinajstić information content (AvgIpc) is 2.64. The fourth-order valence-electron chi connectivity index (χ4n) is 3.05. The minimum Gasteiger partial charge on any atom is -0.497 e. The molecule has 1 N–H and O–H groups in total. The fourth-order valence-corrected chi connectivity index (χ4v) is 3.05. The summed E-state index contributed by atoms with van der Waals surface area (Å²) in [6, 6.07) is 9.57. The Balaban J connectivity index is 1.78. The molecule has 0 radical (unpaired) electrons. The van der Waals surface area contributed by atoms with Gasteiger partial charge in [-0.25, -0.2) is 9.82 Å². The van der Waals surface area contributed by atoms with Gasteiger partial charge in [0.15, 0.2) is 5.84 Å². The molecule has 7 heteroatoms. The highest BCUT2D eigenvalue weighted by Gasteiger charge is 2.35. The predicted molar refractivity (Wildman–Crippen MR) is 91.4 cm³/mol. The van der Waals surface area contributed by atoms with E-state index in [1.165, 1.54) is 13.2 Å². The van der Waals surface area contributed by atoms with Gasteiger partial charge in [0.1, 0.15) is 30.0 Å². The van der Waals surface area contributed by atoms with Crippen LogP contribution in [0.3, 0.4) is 0 Å². The summed E-state index contributed by atoms with van der Waals surface area (Å²) in [7, 11) is 1.54. The third-order valence-electron chi connectivity index (χ3n) is 4.40. The smallest absolute Gasteiger partial charge is 0.262 e. The van der Waals surface area contributed by atoms with Gasteiger partial charge in [-0.1, -0.05) is 6.07 Å². The van der Waals surface area contributed by atoms with Gasteiger partial charge in [-0.05, 0) is 42.8 Å². The van der Waals surface area contributed by atoms with Crippen LogP contribution in [-0.4, -0.2) is 31.5 Å². The number of hydrazone groups is 1. The van der Waals surface area contributed by atoms with Gasteiger partial charge in [-0.2, -0.15) is 5.10 Å². The number of fused-ring (bicyclic) bond motifs is 3. The number of carbonyl (C=O) groups excluding carboxylic acids is 1. The molecule has 0 saturated carbocycles. The Hall–Kier alpha value is -3.09. The first-order valence-electron chi connectivity index (χ1n) is 7.85. The molecule has 2 aromatic rings. The van der Waals surface area contributed by atoms with Crippen molar-refractivity contribution in [2.45, 2.75) is 13.0 Å². The standard InChI is InChI=1S/C18H16FN3O3/c1-10-18(23)21-20-17-9-25-16-7-11(3-6-15(16)22(10)17)13-8-12(24-2)4-5-14(13)19/h3-8,10H,9H2,1-2H3,(H,21,23). The minimum atomic E-state index is -0.394. The summed E-state index contributed by atoms with van der Waals surface area (Å²) in [5.74, 6) is 1.27. The van der Waals surface area contributed by atoms with Crippen LogP contribution in [0.25, 0.3) is 11.1 Å². The molecule has 1 amide bonds. The van der Waals surface area contributed by atoms with Crippen LogP contribution in [0.5, 0.6) is 11.5 Å². The SMILES string of the molecule is COc1ccc(F)c(-c2ccc3c(c2)OCC2=NNC(=O)C(C)N23)c1. The third-order valence-corrected chi connectivity index (χ3v) is 4.40. The number of carbonyl (C=O) groups is 1. The van der Waals surface area contributed by atoms with E-state index in [9.17, 15) is 9.18 Å². The topological polar surface area (TPSA) is 63.2 Å². The van der Waals surface area contributed by atoms with Gasteiger partial charge in [0, 0.05) is 5.56 Å². The van der Waals surface area contributed by atoms with Crippen molar-refractivity contribution < 1.29 is 18.7 Å². The average molecular weight is 341 g/mol. The molecular formula is C18H16FN3O3. The number of methoxy groups -OCH3 is 1. The molecule has 2 heterocycles. The van der Waals surface area contributed by atoms with Crippen molar-refractivity contribution in [1.29, 1.82) is 0 Å². The lowest BCUT2D eigenvalue weighted by Gasteiger charge is -2.38. The molecule has 0 fully saturated rings. The second-order valence-corrected chi connectivity index (χ2v) is 5.87. The number of hydrogen-bond acceptors (Lipinski definition) is 5. The Morgan fingerprint density at radius 1 is 1.32 bits per heavy atom. The fraction of sp³-hybridized carbons (Fsp3) is 0.222. The lowest BCUT2D eigenvalue weighted by Crippen LogP contribution is -2.55. The highest BCUT2D eigenvalue weighted by atomic mass is 19.1. The van der Waals surface area contributed by atoms with E-state index in [2.05, 4.69) is 10.5 Å². The van der Waals surface area contributed by atoms with E-state index in [-0.39, 0.29) is 18.3 Å². The summed E-state index contributed by atoms with van der Waals surface area (Å²) in [5, 5.41) is 4.04. The minimum absolute atomic E-state index is 0.181. The summed E-state index contributed by atoms with van der Waals surface area (Å²) < 4.78 is 25.2. The Morgan fingerprint density at radius 2 is 2.16 bits per heavy atom. The highest BCUT2D eigenvalue weighted by Crippen LogP contribution is 2.39. The molecule has 128 valence electrons. The van der Waals surface area contributed by atoms with Gasteiger partial charge in [0.25, 0.3) is 5.91 Å². The number of nitrogens with one attached hydrogen (secondary N) is 1. The molecule has 0 bridgehead atoms. The Bertz CT molecular complexity index is 897. The molecule has 4 rings (SSSR count). The van der Waals surface area contributed by atoms with Crippen molar-refractivity contribution >= 4 is 17.4 Å². The van der Waals surface area contributed by atoms with E-state index in [1.54, 1.807) is 31.2 Å². The maximum absolute atomic E-state index is 14.2. The van der Waals surface area contributed by atoms with Crippen molar-refractivity contribution in [3.05, 3.63) is 42.2 Å². The molecule has 0 aromatic heterocycles. The molecule has 25 heavy (non-hydrogen) atoms. The summed E-state index contributed by atoms with van der Waals surface area (Å²) >= 11 is 0. The van der Waals surface area contributed by atoms with Crippen molar-refractivity contribution in [3.8, 4) is 22.6 Å². The highest BCUT2D eigenvalue weighted by molar-refractivity contribution is 6.09. The summed E-state index contributed by atoms with van der Waals surface area (Å²) in [4.78, 5) is 13.7. The van der Waals surface area contributed by atoms with E-state index in [0.29, 0.717) is 28.5 Å². The van der Waals surface area contributed by atoms with Crippen LogP contribution in [0.15, 0.2) is 41.5 Å². The van der Waals surface area contributed by atoms with Crippen LogP contribution in [0, 0.1) is 5.82 Å². The Kier molecular flexibility index (Phi) is 3.56. The van der Waals surface area contributed by atoms with Crippen molar-refractivity contribution in [3.63, 3.8) is 0 Å². The molecule has 1 atom stereocenters. The molecule has 2 aliphatic rings. The number of rotatable bonds is 2. The molecule has 0 saturated heterocycles. The molecular weight excluding hydrogens is 325 g/mol. The largest absolute Gasteiger partial charge is 0.497 e. The Labute approximate surface area is 143 Å². The van der Waals surface area contributed by atoms with E-state index in [1.807, 2.05) is 11.0 Å². The lowest BCUT2D eigenvalue weighted by atomic mass is 10.0. The predicted octanol–water partition coefficient (Wildman–Crippen LogP) is 2.53. The van der Waals surface area contributed by atoms with Crippen LogP contribution < -0.4 is 19.8 Å². The number of halogens is 1. The molecule has 6 nitrogen and oxygen atoms in total. The first-order valence-corrected chi connectivity index (χ1v) is 7.85. The normalized spacial score (nSPS) is 18.5. The molecule has 2 aliphatic heterocycles. The van der Waals surface area contributed by atoms with Crippen LogP contribution in [0.2, 0.25) is 0 Å². The number of benzene rings is 2. The molecule has 0 spiro atoms. The lowest BCUT2D eigenvalue weighted by molar-refractivity contribution is -0.122. The van der Waals surface area contributed by atoms with E-state index in [4.69, 9.17) is 9.47 Å². The van der Waals surface area contributed by atoms with Gasteiger partial charge >= 0.3 is 0 Å². The number of nitrogens with zero attached hydrogens (tertiary/aromatic N) is 2.